The lowest BCUT2D eigenvalue weighted by Gasteiger charge is -2.41. The first-order valence-electron chi connectivity index (χ1n) is 15.2. The molecular formula is C34H37ClFN6O3+. The minimum atomic E-state index is -0.613. The number of amides is 1. The van der Waals surface area contributed by atoms with Crippen LogP contribution in [0, 0.1) is 5.82 Å². The van der Waals surface area contributed by atoms with Gasteiger partial charge in [-0.25, -0.2) is 18.5 Å². The summed E-state index contributed by atoms with van der Waals surface area (Å²) in [5.74, 6) is 0.000541. The van der Waals surface area contributed by atoms with Gasteiger partial charge in [-0.05, 0) is 64.8 Å². The molecule has 0 N–H and O–H groups in total. The van der Waals surface area contributed by atoms with E-state index in [1.165, 1.54) is 6.07 Å². The number of aromatic nitrogens is 4. The molecule has 2 atom stereocenters. The highest BCUT2D eigenvalue weighted by molar-refractivity contribution is 6.33. The second-order valence-electron chi connectivity index (χ2n) is 12.6. The Morgan fingerprint density at radius 3 is 2.67 bits per heavy atom. The number of carbonyl (C=O) groups excluding carboxylic acids is 1. The maximum Gasteiger partial charge on any atom is 0.442 e. The van der Waals surface area contributed by atoms with Crippen LogP contribution in [0.3, 0.4) is 0 Å². The van der Waals surface area contributed by atoms with E-state index >= 15 is 4.39 Å². The molecule has 5 heterocycles. The molecular weight excluding hydrogens is 595 g/mol. The fourth-order valence-corrected chi connectivity index (χ4v) is 6.84. The molecule has 0 radical (unpaired) electrons. The van der Waals surface area contributed by atoms with Crippen LogP contribution in [0.15, 0.2) is 47.9 Å². The van der Waals surface area contributed by atoms with E-state index in [0.29, 0.717) is 70.6 Å². The molecule has 4 aromatic rings. The maximum atomic E-state index is 15.7. The number of aryl methyl sites for hydroxylation is 1. The van der Waals surface area contributed by atoms with E-state index in [4.69, 9.17) is 21.3 Å². The molecule has 6 rings (SSSR count). The number of ether oxygens (including phenoxy) is 1. The molecule has 0 bridgehead atoms. The van der Waals surface area contributed by atoms with E-state index in [2.05, 4.69) is 11.6 Å². The van der Waals surface area contributed by atoms with Crippen molar-refractivity contribution in [3.05, 3.63) is 81.3 Å². The molecule has 2 aliphatic heterocycles. The topological polar surface area (TPSA) is 84.4 Å². The number of hydrogen-bond acceptors (Lipinski definition) is 6. The van der Waals surface area contributed by atoms with Gasteiger partial charge in [-0.15, -0.1) is 4.57 Å². The van der Waals surface area contributed by atoms with Gasteiger partial charge in [0, 0.05) is 37.4 Å². The summed E-state index contributed by atoms with van der Waals surface area (Å²) in [4.78, 5) is 40.1. The van der Waals surface area contributed by atoms with Gasteiger partial charge < -0.3 is 14.5 Å². The zero-order valence-electron chi connectivity index (χ0n) is 26.4. The summed E-state index contributed by atoms with van der Waals surface area (Å²) < 4.78 is 24.8. The lowest BCUT2D eigenvalue weighted by molar-refractivity contribution is -0.679. The minimum absolute atomic E-state index is 0.191. The second kappa shape index (κ2) is 11.2. The molecule has 1 saturated heterocycles. The number of rotatable bonds is 4. The normalized spacial score (nSPS) is 17.8. The molecule has 11 heteroatoms. The Balaban J connectivity index is 1.62. The molecule has 1 amide bonds. The molecule has 1 fully saturated rings. The summed E-state index contributed by atoms with van der Waals surface area (Å²) >= 11 is 7.12. The molecule has 1 aromatic carbocycles. The zero-order valence-corrected chi connectivity index (χ0v) is 27.2. The second-order valence-corrected chi connectivity index (χ2v) is 13.0. The van der Waals surface area contributed by atoms with Crippen molar-refractivity contribution in [1.82, 2.24) is 19.4 Å². The molecule has 9 nitrogen and oxygen atoms in total. The number of piperazine rings is 1. The Labute approximate surface area is 266 Å². The number of fused-ring (bicyclic) bond motifs is 2. The highest BCUT2D eigenvalue weighted by atomic mass is 35.5. The average Bonchev–Trinajstić information content (AvgIpc) is 2.99. The van der Waals surface area contributed by atoms with Gasteiger partial charge in [0.25, 0.3) is 0 Å². The SMILES string of the molecule is C=Cc1cccc(F)c1-c1c(Cl)cc2c(N3CCN(C(=O)OC(C)(C)C)C[C@@H]3C)nc(=O)n3c2[n+]1C(C)c1nccc(CC)c1-3. The van der Waals surface area contributed by atoms with Crippen molar-refractivity contribution in [3.8, 4) is 16.9 Å². The van der Waals surface area contributed by atoms with Crippen molar-refractivity contribution >= 4 is 40.6 Å². The van der Waals surface area contributed by atoms with E-state index in [9.17, 15) is 9.59 Å². The van der Waals surface area contributed by atoms with Crippen molar-refractivity contribution in [3.63, 3.8) is 0 Å². The van der Waals surface area contributed by atoms with Crippen molar-refractivity contribution in [2.45, 2.75) is 65.6 Å². The molecule has 0 saturated carbocycles. The number of nitrogens with zero attached hydrogens (tertiary/aromatic N) is 6. The standard InChI is InChI=1S/C34H37ClFN6O3/c1-8-21-11-10-12-25(36)26(21)29-24(35)17-23-30(40-16-15-39(18-19(40)3)33(44)45-34(5,6)7)38-32(43)42-28-22(9-2)13-14-37-27(28)20(4)41(29)31(23)42/h8,10-14,17,19-20H,1,9,15-16,18H2,2-7H3/q+1/t19-,20?/m0/s1. The summed E-state index contributed by atoms with van der Waals surface area (Å²) in [6.07, 6.45) is 3.62. The van der Waals surface area contributed by atoms with Crippen molar-refractivity contribution in [1.29, 1.82) is 0 Å². The summed E-state index contributed by atoms with van der Waals surface area (Å²) in [6, 6.07) is 7.89. The van der Waals surface area contributed by atoms with Crippen LogP contribution in [0.25, 0.3) is 34.1 Å². The first kappa shape index (κ1) is 30.7. The van der Waals surface area contributed by atoms with E-state index in [0.717, 1.165) is 5.56 Å². The van der Waals surface area contributed by atoms with Gasteiger partial charge in [0.1, 0.15) is 28.5 Å². The Morgan fingerprint density at radius 1 is 1.24 bits per heavy atom. The summed E-state index contributed by atoms with van der Waals surface area (Å²) in [5, 5.41) is 0.937. The molecule has 234 valence electrons. The third-order valence-electron chi connectivity index (χ3n) is 8.53. The van der Waals surface area contributed by atoms with Gasteiger partial charge in [0.05, 0.1) is 10.6 Å². The Morgan fingerprint density at radius 2 is 2.00 bits per heavy atom. The van der Waals surface area contributed by atoms with Crippen molar-refractivity contribution in [2.75, 3.05) is 24.5 Å². The predicted molar refractivity (Wildman–Crippen MR) is 174 cm³/mol. The highest BCUT2D eigenvalue weighted by Gasteiger charge is 2.41. The van der Waals surface area contributed by atoms with Gasteiger partial charge in [0.2, 0.25) is 0 Å². The highest BCUT2D eigenvalue weighted by Crippen LogP contribution is 2.40. The van der Waals surface area contributed by atoms with Crippen LogP contribution in [-0.2, 0) is 11.2 Å². The van der Waals surface area contributed by atoms with E-state index in [1.54, 1.807) is 39.9 Å². The summed E-state index contributed by atoms with van der Waals surface area (Å²) in [6.45, 7) is 16.6. The first-order valence-corrected chi connectivity index (χ1v) is 15.6. The van der Waals surface area contributed by atoms with Gasteiger partial charge in [-0.1, -0.05) is 43.3 Å². The number of benzene rings is 1. The number of halogens is 2. The van der Waals surface area contributed by atoms with Gasteiger partial charge in [0.15, 0.2) is 17.2 Å². The molecule has 2 aliphatic rings. The Bertz CT molecular complexity index is 1930. The van der Waals surface area contributed by atoms with Gasteiger partial charge >= 0.3 is 17.4 Å². The average molecular weight is 632 g/mol. The number of anilines is 1. The quantitative estimate of drug-likeness (QED) is 0.253. The molecule has 3 aromatic heterocycles. The van der Waals surface area contributed by atoms with Crippen molar-refractivity contribution in [2.24, 2.45) is 0 Å². The Kier molecular flexibility index (Phi) is 7.67. The lowest BCUT2D eigenvalue weighted by Crippen LogP contribution is -2.56. The van der Waals surface area contributed by atoms with Crippen LogP contribution in [0.1, 0.15) is 64.4 Å². The summed E-state index contributed by atoms with van der Waals surface area (Å²) in [7, 11) is 0. The van der Waals surface area contributed by atoms with Crippen LogP contribution in [0.4, 0.5) is 15.0 Å². The lowest BCUT2D eigenvalue weighted by atomic mass is 9.98. The van der Waals surface area contributed by atoms with E-state index in [1.807, 2.05) is 57.1 Å². The molecule has 0 spiro atoms. The predicted octanol–water partition coefficient (Wildman–Crippen LogP) is 6.10. The van der Waals surface area contributed by atoms with E-state index < -0.39 is 23.1 Å². The minimum Gasteiger partial charge on any atom is -0.444 e. The molecule has 1 unspecified atom stereocenters. The fraction of sp³-hybridized carbons (Fsp3) is 0.382. The first-order chi connectivity index (χ1) is 21.4. The summed E-state index contributed by atoms with van der Waals surface area (Å²) in [5.41, 5.74) is 3.05. The van der Waals surface area contributed by atoms with Gasteiger partial charge in [-0.2, -0.15) is 4.98 Å². The van der Waals surface area contributed by atoms with Crippen LogP contribution >= 0.6 is 11.6 Å². The Hall–Kier alpha value is -4.31. The third kappa shape index (κ3) is 5.05. The van der Waals surface area contributed by atoms with Crippen molar-refractivity contribution < 1.29 is 18.5 Å². The number of pyridine rings is 2. The third-order valence-corrected chi connectivity index (χ3v) is 8.82. The van der Waals surface area contributed by atoms with Crippen LogP contribution < -0.4 is 15.2 Å². The maximum absolute atomic E-state index is 15.7. The fourth-order valence-electron chi connectivity index (χ4n) is 6.54. The van der Waals surface area contributed by atoms with Gasteiger partial charge in [-0.3, -0.25) is 4.98 Å². The van der Waals surface area contributed by atoms with Crippen LogP contribution in [0.5, 0.6) is 0 Å². The van der Waals surface area contributed by atoms with Crippen LogP contribution in [-0.4, -0.2) is 56.8 Å². The van der Waals surface area contributed by atoms with Crippen LogP contribution in [0.2, 0.25) is 5.02 Å². The largest absolute Gasteiger partial charge is 0.444 e. The molecule has 0 aliphatic carbocycles. The number of hydrogen-bond donors (Lipinski definition) is 0. The smallest absolute Gasteiger partial charge is 0.442 e. The molecule has 45 heavy (non-hydrogen) atoms. The van der Waals surface area contributed by atoms with E-state index in [-0.39, 0.29) is 17.7 Å². The monoisotopic (exact) mass is 631 g/mol. The zero-order chi connectivity index (χ0) is 32.4. The number of carbonyl (C=O) groups is 1.